The third kappa shape index (κ3) is 6.51. The van der Waals surface area contributed by atoms with E-state index in [1.54, 1.807) is 0 Å². The number of aliphatic carboxylic acids is 1. The summed E-state index contributed by atoms with van der Waals surface area (Å²) in [6.07, 6.45) is 0.950. The molecule has 0 amide bonds. The molecule has 0 radical (unpaired) electrons. The maximum atomic E-state index is 10.5. The third-order valence-corrected chi connectivity index (χ3v) is 2.29. The van der Waals surface area contributed by atoms with Crippen LogP contribution in [0.15, 0.2) is 11.6 Å². The average Bonchev–Trinajstić information content (AvgIpc) is 1.81. The molecule has 5 nitrogen and oxygen atoms in total. The first-order chi connectivity index (χ1) is 5.72. The van der Waals surface area contributed by atoms with Crippen LogP contribution in [0.25, 0.3) is 0 Å². The van der Waals surface area contributed by atoms with E-state index in [2.05, 4.69) is 0 Å². The van der Waals surface area contributed by atoms with Crippen LogP contribution < -0.4 is 0 Å². The van der Waals surface area contributed by atoms with E-state index < -0.39 is 19.5 Å². The first-order valence-corrected chi connectivity index (χ1v) is 5.47. The van der Waals surface area contributed by atoms with Crippen molar-refractivity contribution >= 4 is 13.6 Å². The summed E-state index contributed by atoms with van der Waals surface area (Å²) in [5.41, 5.74) is 0.392. The molecule has 1 unspecified atom stereocenters. The summed E-state index contributed by atoms with van der Waals surface area (Å²) >= 11 is 0. The van der Waals surface area contributed by atoms with E-state index in [4.69, 9.17) is 14.9 Å². The summed E-state index contributed by atoms with van der Waals surface area (Å²) in [4.78, 5) is 27.5. The molecule has 0 bridgehead atoms. The molecular weight excluding hydrogens is 195 g/mol. The van der Waals surface area contributed by atoms with Crippen LogP contribution in [0.2, 0.25) is 0 Å². The van der Waals surface area contributed by atoms with Gasteiger partial charge >= 0.3 is 13.6 Å². The van der Waals surface area contributed by atoms with Crippen LogP contribution in [-0.2, 0) is 9.36 Å². The lowest BCUT2D eigenvalue weighted by Crippen LogP contribution is -2.07. The molecule has 0 aliphatic rings. The molecule has 0 aromatic carbocycles. The summed E-state index contributed by atoms with van der Waals surface area (Å²) in [6, 6.07) is 0. The molecular formula is C7H13O5P. The van der Waals surface area contributed by atoms with Crippen molar-refractivity contribution in [2.45, 2.75) is 13.8 Å². The number of allylic oxidation sites excluding steroid dienone is 1. The van der Waals surface area contributed by atoms with Crippen LogP contribution >= 0.6 is 7.60 Å². The molecule has 6 heteroatoms. The van der Waals surface area contributed by atoms with Crippen LogP contribution in [-0.4, -0.2) is 27.0 Å². The molecule has 0 rings (SSSR count). The maximum absolute atomic E-state index is 10.5. The molecule has 0 fully saturated rings. The Morgan fingerprint density at radius 1 is 1.54 bits per heavy atom. The van der Waals surface area contributed by atoms with Crippen LogP contribution in [0.3, 0.4) is 0 Å². The normalized spacial score (nSPS) is 15.5. The van der Waals surface area contributed by atoms with Crippen molar-refractivity contribution in [1.29, 1.82) is 0 Å². The van der Waals surface area contributed by atoms with Gasteiger partial charge in [-0.1, -0.05) is 11.6 Å². The van der Waals surface area contributed by atoms with Crippen molar-refractivity contribution < 1.29 is 24.3 Å². The molecule has 0 aromatic heterocycles. The van der Waals surface area contributed by atoms with Crippen molar-refractivity contribution in [1.82, 2.24) is 0 Å². The van der Waals surface area contributed by atoms with E-state index in [1.165, 1.54) is 19.9 Å². The minimum absolute atomic E-state index is 0.384. The van der Waals surface area contributed by atoms with Gasteiger partial charge in [0, 0.05) is 0 Å². The predicted molar refractivity (Wildman–Crippen MR) is 47.5 cm³/mol. The Kier molecular flexibility index (Phi) is 4.33. The number of carbonyl (C=O) groups is 1. The number of hydrogen-bond acceptors (Lipinski definition) is 2. The Labute approximate surface area is 76.2 Å². The van der Waals surface area contributed by atoms with E-state index in [0.717, 1.165) is 0 Å². The quantitative estimate of drug-likeness (QED) is 0.469. The fourth-order valence-electron chi connectivity index (χ4n) is 0.876. The van der Waals surface area contributed by atoms with Crippen LogP contribution in [0, 0.1) is 5.92 Å². The molecule has 0 spiro atoms. The zero-order chi connectivity index (χ0) is 10.6. The fourth-order valence-corrected chi connectivity index (χ4v) is 1.63. The molecule has 0 aliphatic heterocycles. The van der Waals surface area contributed by atoms with Crippen LogP contribution in [0.4, 0.5) is 0 Å². The highest BCUT2D eigenvalue weighted by Gasteiger charge is 2.15. The van der Waals surface area contributed by atoms with E-state index >= 15 is 0 Å². The smallest absolute Gasteiger partial charge is 0.329 e. The predicted octanol–water partition coefficient (Wildman–Crippen LogP) is 0.831. The SMILES string of the molecule is C/C(=C\C(C)C(=O)O)CP(=O)(O)O. The van der Waals surface area contributed by atoms with Crippen LogP contribution in [0.5, 0.6) is 0 Å². The number of rotatable bonds is 4. The van der Waals surface area contributed by atoms with Crippen molar-refractivity contribution in [2.75, 3.05) is 6.16 Å². The number of hydrogen-bond donors (Lipinski definition) is 3. The Morgan fingerprint density at radius 2 is 2.00 bits per heavy atom. The molecule has 0 saturated carbocycles. The molecule has 13 heavy (non-hydrogen) atoms. The molecule has 0 aromatic rings. The Bertz CT molecular complexity index is 264. The molecule has 76 valence electrons. The highest BCUT2D eigenvalue weighted by Crippen LogP contribution is 2.36. The van der Waals surface area contributed by atoms with Gasteiger partial charge in [-0.05, 0) is 13.8 Å². The second kappa shape index (κ2) is 4.56. The third-order valence-electron chi connectivity index (χ3n) is 1.38. The van der Waals surface area contributed by atoms with Crippen molar-refractivity contribution in [3.05, 3.63) is 11.6 Å². The highest BCUT2D eigenvalue weighted by atomic mass is 31.2. The molecule has 0 heterocycles. The standard InChI is InChI=1S/C7H13O5P/c1-5(4-13(10,11)12)3-6(2)7(8)9/h3,6H,4H2,1-2H3,(H,8,9)(H2,10,11,12)/b5-3+. The van der Waals surface area contributed by atoms with Gasteiger partial charge in [0.2, 0.25) is 0 Å². The lowest BCUT2D eigenvalue weighted by molar-refractivity contribution is -0.139. The highest BCUT2D eigenvalue weighted by molar-refractivity contribution is 7.52. The minimum atomic E-state index is -4.07. The van der Waals surface area contributed by atoms with Gasteiger partial charge in [0.05, 0.1) is 12.1 Å². The Morgan fingerprint density at radius 3 is 2.31 bits per heavy atom. The number of carboxylic acids is 1. The minimum Gasteiger partial charge on any atom is -0.481 e. The first-order valence-electron chi connectivity index (χ1n) is 3.67. The zero-order valence-electron chi connectivity index (χ0n) is 7.47. The lowest BCUT2D eigenvalue weighted by Gasteiger charge is -2.05. The first kappa shape index (κ1) is 12.4. The van der Waals surface area contributed by atoms with Gasteiger partial charge in [0.1, 0.15) is 0 Å². The summed E-state index contributed by atoms with van der Waals surface area (Å²) < 4.78 is 10.5. The van der Waals surface area contributed by atoms with Crippen molar-refractivity contribution in [3.8, 4) is 0 Å². The maximum Gasteiger partial charge on any atom is 0.329 e. The Hall–Kier alpha value is -0.640. The average molecular weight is 208 g/mol. The van der Waals surface area contributed by atoms with Gasteiger partial charge in [0.15, 0.2) is 0 Å². The molecule has 0 saturated heterocycles. The topological polar surface area (TPSA) is 94.8 Å². The van der Waals surface area contributed by atoms with E-state index in [0.29, 0.717) is 5.57 Å². The van der Waals surface area contributed by atoms with Gasteiger partial charge in [0.25, 0.3) is 0 Å². The summed E-state index contributed by atoms with van der Waals surface area (Å²) in [7, 11) is -4.07. The largest absolute Gasteiger partial charge is 0.481 e. The van der Waals surface area contributed by atoms with Gasteiger partial charge in [-0.3, -0.25) is 9.36 Å². The van der Waals surface area contributed by atoms with E-state index in [9.17, 15) is 9.36 Å². The Balaban J connectivity index is 4.34. The fraction of sp³-hybridized carbons (Fsp3) is 0.571. The second-order valence-electron chi connectivity index (χ2n) is 2.96. The zero-order valence-corrected chi connectivity index (χ0v) is 8.36. The summed E-state index contributed by atoms with van der Waals surface area (Å²) in [5.74, 6) is -1.73. The van der Waals surface area contributed by atoms with Gasteiger partial charge in [-0.2, -0.15) is 0 Å². The number of carboxylic acid groups (broad SMARTS) is 1. The molecule has 0 aliphatic carbocycles. The monoisotopic (exact) mass is 208 g/mol. The van der Waals surface area contributed by atoms with Gasteiger partial charge in [-0.25, -0.2) is 0 Å². The van der Waals surface area contributed by atoms with E-state index in [-0.39, 0.29) is 6.16 Å². The van der Waals surface area contributed by atoms with Crippen molar-refractivity contribution in [3.63, 3.8) is 0 Å². The molecule has 3 N–H and O–H groups in total. The molecule has 1 atom stereocenters. The lowest BCUT2D eigenvalue weighted by atomic mass is 10.1. The van der Waals surface area contributed by atoms with Gasteiger partial charge in [-0.15, -0.1) is 0 Å². The summed E-state index contributed by atoms with van der Waals surface area (Å²) in [5, 5.41) is 8.49. The second-order valence-corrected chi connectivity index (χ2v) is 4.61. The van der Waals surface area contributed by atoms with Crippen LogP contribution in [0.1, 0.15) is 13.8 Å². The van der Waals surface area contributed by atoms with Crippen molar-refractivity contribution in [2.24, 2.45) is 5.92 Å². The van der Waals surface area contributed by atoms with E-state index in [1.807, 2.05) is 0 Å². The van der Waals surface area contributed by atoms with Gasteiger partial charge < -0.3 is 14.9 Å². The summed E-state index contributed by atoms with van der Waals surface area (Å²) in [6.45, 7) is 2.95.